The topological polar surface area (TPSA) is 9.23 Å². The summed E-state index contributed by atoms with van der Waals surface area (Å²) in [5.41, 5.74) is 0.160. The van der Waals surface area contributed by atoms with Gasteiger partial charge in [0.05, 0.1) is 0 Å². The van der Waals surface area contributed by atoms with E-state index in [0.29, 0.717) is 6.07 Å². The number of rotatable bonds is 6. The Morgan fingerprint density at radius 2 is 1.65 bits per heavy atom. The highest BCUT2D eigenvalue weighted by atomic mass is 28.2. The van der Waals surface area contributed by atoms with E-state index in [2.05, 4.69) is 0 Å². The Balaban J connectivity index is 2.55. The third-order valence-electron chi connectivity index (χ3n) is 2.51. The van der Waals surface area contributed by atoms with Gasteiger partial charge in [-0.1, -0.05) is 13.8 Å². The molecule has 0 aliphatic carbocycles. The molecular formula is C12H15F3OSi. The fourth-order valence-electron chi connectivity index (χ4n) is 1.39. The molecule has 0 fully saturated rings. The van der Waals surface area contributed by atoms with E-state index in [4.69, 9.17) is 4.43 Å². The van der Waals surface area contributed by atoms with Crippen molar-refractivity contribution < 1.29 is 17.6 Å². The fourth-order valence-corrected chi connectivity index (χ4v) is 2.47. The van der Waals surface area contributed by atoms with Crippen molar-refractivity contribution in [2.24, 2.45) is 0 Å². The van der Waals surface area contributed by atoms with Gasteiger partial charge >= 0.3 is 0 Å². The van der Waals surface area contributed by atoms with Gasteiger partial charge in [0.25, 0.3) is 0 Å². The highest BCUT2D eigenvalue weighted by Crippen LogP contribution is 2.14. The van der Waals surface area contributed by atoms with Crippen molar-refractivity contribution in [3.63, 3.8) is 0 Å². The highest BCUT2D eigenvalue weighted by Gasteiger charge is 2.11. The Kier molecular flexibility index (Phi) is 5.71. The van der Waals surface area contributed by atoms with Gasteiger partial charge in [-0.3, -0.25) is 0 Å². The maximum atomic E-state index is 13.3. The monoisotopic (exact) mass is 260 g/mol. The van der Waals surface area contributed by atoms with Crippen LogP contribution in [0.5, 0.6) is 0 Å². The molecule has 0 aliphatic rings. The molecule has 0 saturated carbocycles. The minimum Gasteiger partial charge on any atom is -0.414 e. The molecule has 94 valence electrons. The molecule has 0 heterocycles. The molecule has 0 atom stereocenters. The van der Waals surface area contributed by atoms with Crippen LogP contribution < -0.4 is 0 Å². The van der Waals surface area contributed by atoms with E-state index in [1.165, 1.54) is 0 Å². The van der Waals surface area contributed by atoms with Crippen LogP contribution in [0.15, 0.2) is 12.1 Å². The van der Waals surface area contributed by atoms with E-state index in [-0.39, 0.29) is 27.5 Å². The van der Waals surface area contributed by atoms with Crippen LogP contribution in [-0.4, -0.2) is 15.9 Å². The van der Waals surface area contributed by atoms with Crippen LogP contribution >= 0.6 is 0 Å². The molecule has 0 saturated heterocycles. The third kappa shape index (κ3) is 4.16. The van der Waals surface area contributed by atoms with Gasteiger partial charge in [-0.2, -0.15) is 0 Å². The van der Waals surface area contributed by atoms with Crippen LogP contribution in [0.2, 0.25) is 0 Å². The first-order valence-corrected chi connectivity index (χ1v) is 6.71. The zero-order valence-electron chi connectivity index (χ0n) is 9.90. The Morgan fingerprint density at radius 1 is 1.06 bits per heavy atom. The number of halogens is 3. The van der Waals surface area contributed by atoms with Crippen molar-refractivity contribution in [2.75, 3.05) is 0 Å². The second-order valence-electron chi connectivity index (χ2n) is 3.74. The summed E-state index contributed by atoms with van der Waals surface area (Å²) in [4.78, 5) is 0. The fraction of sp³-hybridized carbons (Fsp3) is 0.500. The first-order chi connectivity index (χ1) is 8.08. The van der Waals surface area contributed by atoms with Crippen LogP contribution in [0.1, 0.15) is 32.3 Å². The Bertz CT molecular complexity index is 367. The molecule has 0 amide bonds. The average molecular weight is 260 g/mol. The molecular weight excluding hydrogens is 245 g/mol. The van der Waals surface area contributed by atoms with Crippen LogP contribution in [0.3, 0.4) is 0 Å². The molecule has 1 nitrogen and oxygen atoms in total. The molecule has 2 radical (unpaired) electrons. The van der Waals surface area contributed by atoms with Crippen molar-refractivity contribution in [3.8, 4) is 0 Å². The van der Waals surface area contributed by atoms with Crippen molar-refractivity contribution in [3.05, 3.63) is 35.1 Å². The standard InChI is InChI=1S/C12H15F3OSi/c1-3-9(4-2)16-17-7-8-5-11(14)12(15)6-10(8)13/h5-6,9H,3-4,7H2,1-2H3. The summed E-state index contributed by atoms with van der Waals surface area (Å²) in [6.45, 7) is 4.02. The predicted octanol–water partition coefficient (Wildman–Crippen LogP) is 3.43. The van der Waals surface area contributed by atoms with Crippen LogP contribution in [-0.2, 0) is 10.5 Å². The molecule has 0 spiro atoms. The number of hydrogen-bond acceptors (Lipinski definition) is 1. The maximum Gasteiger partial charge on any atom is 0.234 e. The SMILES string of the molecule is CCC(CC)O[Si]Cc1cc(F)c(F)cc1F. The van der Waals surface area contributed by atoms with Crippen LogP contribution in [0.25, 0.3) is 0 Å². The quantitative estimate of drug-likeness (QED) is 0.562. The average Bonchev–Trinajstić information content (AvgIpc) is 2.31. The van der Waals surface area contributed by atoms with Crippen molar-refractivity contribution in [2.45, 2.75) is 38.8 Å². The van der Waals surface area contributed by atoms with Crippen LogP contribution in [0, 0.1) is 17.5 Å². The Hall–Kier alpha value is -0.813. The van der Waals surface area contributed by atoms with Gasteiger partial charge in [-0.05, 0) is 30.5 Å². The summed E-state index contributed by atoms with van der Waals surface area (Å²) in [5.74, 6) is -2.89. The molecule has 0 aliphatic heterocycles. The van der Waals surface area contributed by atoms with E-state index in [1.54, 1.807) is 0 Å². The molecule has 5 heteroatoms. The van der Waals surface area contributed by atoms with Gasteiger partial charge in [0.15, 0.2) is 11.6 Å². The van der Waals surface area contributed by atoms with Gasteiger partial charge in [-0.15, -0.1) is 0 Å². The first-order valence-electron chi connectivity index (χ1n) is 5.60. The van der Waals surface area contributed by atoms with Crippen LogP contribution in [0.4, 0.5) is 13.2 Å². The molecule has 0 bridgehead atoms. The molecule has 17 heavy (non-hydrogen) atoms. The highest BCUT2D eigenvalue weighted by molar-refractivity contribution is 6.26. The second-order valence-corrected chi connectivity index (χ2v) is 4.61. The minimum atomic E-state index is -1.16. The summed E-state index contributed by atoms with van der Waals surface area (Å²) in [6.07, 6.45) is 1.94. The molecule has 0 unspecified atom stereocenters. The van der Waals surface area contributed by atoms with E-state index in [1.807, 2.05) is 13.8 Å². The molecule has 1 rings (SSSR count). The van der Waals surface area contributed by atoms with Gasteiger partial charge in [-0.25, -0.2) is 13.2 Å². The molecule has 1 aromatic rings. The molecule has 1 aromatic carbocycles. The van der Waals surface area contributed by atoms with E-state index in [0.717, 1.165) is 18.9 Å². The summed E-state index contributed by atoms with van der Waals surface area (Å²) >= 11 is 0. The van der Waals surface area contributed by atoms with Gasteiger partial charge in [0.2, 0.25) is 9.76 Å². The summed E-state index contributed by atoms with van der Waals surface area (Å²) in [6, 6.07) is 1.75. The van der Waals surface area contributed by atoms with Gasteiger partial charge in [0.1, 0.15) is 5.82 Å². The van der Waals surface area contributed by atoms with Gasteiger partial charge < -0.3 is 4.43 Å². The van der Waals surface area contributed by atoms with E-state index < -0.39 is 17.5 Å². The van der Waals surface area contributed by atoms with E-state index >= 15 is 0 Å². The number of hydrogen-bond donors (Lipinski definition) is 0. The summed E-state index contributed by atoms with van der Waals surface area (Å²) in [5, 5.41) is 0. The van der Waals surface area contributed by atoms with Crippen molar-refractivity contribution in [1.82, 2.24) is 0 Å². The minimum absolute atomic E-state index is 0.0640. The Labute approximate surface area is 102 Å². The van der Waals surface area contributed by atoms with Crippen molar-refractivity contribution in [1.29, 1.82) is 0 Å². The largest absolute Gasteiger partial charge is 0.414 e. The smallest absolute Gasteiger partial charge is 0.234 e. The maximum absolute atomic E-state index is 13.3. The lowest BCUT2D eigenvalue weighted by Gasteiger charge is -2.13. The molecule has 0 N–H and O–H groups in total. The zero-order chi connectivity index (χ0) is 12.8. The summed E-state index contributed by atoms with van der Waals surface area (Å²) in [7, 11) is 0.0640. The Morgan fingerprint density at radius 3 is 2.24 bits per heavy atom. The third-order valence-corrected chi connectivity index (χ3v) is 3.54. The first kappa shape index (κ1) is 14.2. The second kappa shape index (κ2) is 6.81. The lowest BCUT2D eigenvalue weighted by atomic mass is 10.2. The molecule has 0 aromatic heterocycles. The lowest BCUT2D eigenvalue weighted by Crippen LogP contribution is -2.15. The zero-order valence-corrected chi connectivity index (χ0v) is 10.9. The normalized spacial score (nSPS) is 11.2. The van der Waals surface area contributed by atoms with Crippen molar-refractivity contribution >= 4 is 9.76 Å². The van der Waals surface area contributed by atoms with E-state index in [9.17, 15) is 13.2 Å². The summed E-state index contributed by atoms with van der Waals surface area (Å²) < 4.78 is 44.3. The lowest BCUT2D eigenvalue weighted by molar-refractivity contribution is 0.202. The van der Waals surface area contributed by atoms with Gasteiger partial charge in [0, 0.05) is 12.2 Å². The predicted molar refractivity (Wildman–Crippen MR) is 61.2 cm³/mol. The number of benzene rings is 1.